The Morgan fingerprint density at radius 3 is 2.62 bits per heavy atom. The van der Waals surface area contributed by atoms with Gasteiger partial charge in [0, 0.05) is 25.2 Å². The summed E-state index contributed by atoms with van der Waals surface area (Å²) in [5.74, 6) is -1.32. The number of carbonyl (C=O) groups is 3. The zero-order valence-corrected chi connectivity index (χ0v) is 16.4. The number of esters is 1. The zero-order chi connectivity index (χ0) is 20.4. The van der Waals surface area contributed by atoms with Crippen LogP contribution in [0.1, 0.15) is 30.5 Å². The molecule has 150 valence electrons. The molecule has 2 aliphatic rings. The van der Waals surface area contributed by atoms with Crippen LogP contribution in [-0.2, 0) is 25.5 Å². The fraction of sp³-hybridized carbons (Fsp3) is 0.348. The average molecular weight is 392 g/mol. The Morgan fingerprint density at radius 1 is 1.10 bits per heavy atom. The summed E-state index contributed by atoms with van der Waals surface area (Å²) < 4.78 is 5.29. The van der Waals surface area contributed by atoms with Gasteiger partial charge in [-0.25, -0.2) is 0 Å². The van der Waals surface area contributed by atoms with Crippen LogP contribution in [0.25, 0.3) is 0 Å². The highest BCUT2D eigenvalue weighted by Crippen LogP contribution is 2.30. The van der Waals surface area contributed by atoms with E-state index in [9.17, 15) is 14.4 Å². The minimum Gasteiger partial charge on any atom is -0.455 e. The summed E-state index contributed by atoms with van der Waals surface area (Å²) >= 11 is 0. The smallest absolute Gasteiger partial charge is 0.311 e. The van der Waals surface area contributed by atoms with Gasteiger partial charge in [-0.1, -0.05) is 48.5 Å². The van der Waals surface area contributed by atoms with Crippen molar-refractivity contribution in [1.29, 1.82) is 0 Å². The second kappa shape index (κ2) is 8.07. The Hall–Kier alpha value is -3.15. The van der Waals surface area contributed by atoms with Crippen LogP contribution in [0.15, 0.2) is 54.6 Å². The van der Waals surface area contributed by atoms with Crippen molar-refractivity contribution in [1.82, 2.24) is 4.90 Å². The van der Waals surface area contributed by atoms with Crippen LogP contribution in [-0.4, -0.2) is 42.4 Å². The number of ether oxygens (including phenoxy) is 1. The minimum atomic E-state index is -0.535. The predicted molar refractivity (Wildman–Crippen MR) is 108 cm³/mol. The Bertz CT molecular complexity index is 927. The van der Waals surface area contributed by atoms with Gasteiger partial charge in [0.15, 0.2) is 6.61 Å². The summed E-state index contributed by atoms with van der Waals surface area (Å²) in [6.07, 6.45) is 0.927. The summed E-state index contributed by atoms with van der Waals surface area (Å²) in [6, 6.07) is 17.4. The molecule has 0 N–H and O–H groups in total. The first-order valence-electron chi connectivity index (χ1n) is 9.94. The van der Waals surface area contributed by atoms with Gasteiger partial charge in [0.25, 0.3) is 5.91 Å². The molecule has 2 amide bonds. The van der Waals surface area contributed by atoms with Crippen molar-refractivity contribution in [2.45, 2.75) is 25.8 Å². The van der Waals surface area contributed by atoms with Gasteiger partial charge in [0.05, 0.1) is 12.0 Å². The molecule has 2 aliphatic heterocycles. The number of anilines is 1. The molecular weight excluding hydrogens is 368 g/mol. The van der Waals surface area contributed by atoms with Gasteiger partial charge in [-0.3, -0.25) is 14.4 Å². The number of para-hydroxylation sites is 1. The van der Waals surface area contributed by atoms with Gasteiger partial charge < -0.3 is 14.5 Å². The molecule has 2 aromatic carbocycles. The molecule has 6 heteroatoms. The molecule has 6 nitrogen and oxygen atoms in total. The van der Waals surface area contributed by atoms with Gasteiger partial charge in [-0.05, 0) is 30.5 Å². The van der Waals surface area contributed by atoms with Gasteiger partial charge in [-0.15, -0.1) is 0 Å². The number of rotatable bonds is 5. The molecule has 1 fully saturated rings. The van der Waals surface area contributed by atoms with E-state index >= 15 is 0 Å². The maximum atomic E-state index is 12.5. The molecule has 4 rings (SSSR count). The molecule has 0 saturated carbocycles. The monoisotopic (exact) mass is 392 g/mol. The molecule has 0 bridgehead atoms. The van der Waals surface area contributed by atoms with Crippen LogP contribution >= 0.6 is 0 Å². The van der Waals surface area contributed by atoms with Gasteiger partial charge in [0.1, 0.15) is 0 Å². The van der Waals surface area contributed by atoms with Crippen LogP contribution in [0.4, 0.5) is 5.69 Å². The third-order valence-corrected chi connectivity index (χ3v) is 5.77. The molecule has 2 heterocycles. The number of hydrogen-bond donors (Lipinski definition) is 0. The number of fused-ring (bicyclic) bond motifs is 1. The van der Waals surface area contributed by atoms with Crippen molar-refractivity contribution in [2.24, 2.45) is 5.92 Å². The summed E-state index contributed by atoms with van der Waals surface area (Å²) in [7, 11) is 0. The van der Waals surface area contributed by atoms with Crippen LogP contribution in [0.3, 0.4) is 0 Å². The van der Waals surface area contributed by atoms with Crippen LogP contribution in [0, 0.1) is 5.92 Å². The third-order valence-electron chi connectivity index (χ3n) is 5.77. The molecule has 2 atom stereocenters. The van der Waals surface area contributed by atoms with Crippen molar-refractivity contribution in [3.8, 4) is 0 Å². The van der Waals surface area contributed by atoms with E-state index in [1.165, 1.54) is 0 Å². The number of amides is 2. The predicted octanol–water partition coefficient (Wildman–Crippen LogP) is 2.73. The second-order valence-corrected chi connectivity index (χ2v) is 7.57. The molecule has 2 aromatic rings. The molecule has 1 saturated heterocycles. The highest BCUT2D eigenvalue weighted by atomic mass is 16.5. The van der Waals surface area contributed by atoms with Gasteiger partial charge in [-0.2, -0.15) is 0 Å². The number of hydrogen-bond acceptors (Lipinski definition) is 4. The molecular formula is C23H24N2O4. The number of benzene rings is 2. The molecule has 0 unspecified atom stereocenters. The van der Waals surface area contributed by atoms with E-state index in [0.717, 1.165) is 23.2 Å². The first kappa shape index (κ1) is 19.2. The molecule has 0 spiro atoms. The lowest BCUT2D eigenvalue weighted by Gasteiger charge is -2.25. The van der Waals surface area contributed by atoms with E-state index in [4.69, 9.17) is 4.74 Å². The van der Waals surface area contributed by atoms with E-state index in [-0.39, 0.29) is 30.9 Å². The Morgan fingerprint density at radius 2 is 1.83 bits per heavy atom. The standard InChI is InChI=1S/C23H24N2O4/c1-16(17-7-3-2-4-8-17)25-14-19(13-21(25)26)23(28)29-15-22(27)24-12-11-18-9-5-6-10-20(18)24/h2-10,16,19H,11-15H2,1H3/t16-,19+/m1/s1. The number of nitrogens with zero attached hydrogens (tertiary/aromatic N) is 2. The average Bonchev–Trinajstić information content (AvgIpc) is 3.35. The van der Waals surface area contributed by atoms with Crippen molar-refractivity contribution < 1.29 is 19.1 Å². The Kier molecular flexibility index (Phi) is 5.34. The SMILES string of the molecule is C[C@H](c1ccccc1)N1C[C@@H](C(=O)OCC(=O)N2CCc3ccccc32)CC1=O. The van der Waals surface area contributed by atoms with Crippen molar-refractivity contribution in [2.75, 3.05) is 24.6 Å². The summed E-state index contributed by atoms with van der Waals surface area (Å²) in [5, 5.41) is 0. The summed E-state index contributed by atoms with van der Waals surface area (Å²) in [5.41, 5.74) is 3.03. The van der Waals surface area contributed by atoms with Crippen molar-refractivity contribution in [3.05, 3.63) is 65.7 Å². The third kappa shape index (κ3) is 3.88. The largest absolute Gasteiger partial charge is 0.455 e. The number of likely N-dealkylation sites (tertiary alicyclic amines) is 1. The maximum Gasteiger partial charge on any atom is 0.311 e. The zero-order valence-electron chi connectivity index (χ0n) is 16.4. The maximum absolute atomic E-state index is 12.5. The highest BCUT2D eigenvalue weighted by Gasteiger charge is 2.38. The van der Waals surface area contributed by atoms with E-state index in [2.05, 4.69) is 0 Å². The topological polar surface area (TPSA) is 66.9 Å². The molecule has 0 radical (unpaired) electrons. The van der Waals surface area contributed by atoms with Crippen LogP contribution < -0.4 is 4.90 Å². The minimum absolute atomic E-state index is 0.0666. The van der Waals surface area contributed by atoms with Gasteiger partial charge >= 0.3 is 5.97 Å². The Balaban J connectivity index is 1.33. The first-order valence-corrected chi connectivity index (χ1v) is 9.94. The Labute approximate surface area is 170 Å². The normalized spacial score (nSPS) is 19.2. The highest BCUT2D eigenvalue weighted by molar-refractivity contribution is 5.97. The van der Waals surface area contributed by atoms with E-state index in [1.807, 2.05) is 61.5 Å². The quantitative estimate of drug-likeness (QED) is 0.734. The summed E-state index contributed by atoms with van der Waals surface area (Å²) in [6.45, 7) is 2.57. The fourth-order valence-corrected chi connectivity index (χ4v) is 4.10. The second-order valence-electron chi connectivity index (χ2n) is 7.57. The van der Waals surface area contributed by atoms with Gasteiger partial charge in [0.2, 0.25) is 5.91 Å². The number of carbonyl (C=O) groups excluding carboxylic acids is 3. The first-order chi connectivity index (χ1) is 14.0. The molecule has 29 heavy (non-hydrogen) atoms. The van der Waals surface area contributed by atoms with Crippen molar-refractivity contribution in [3.63, 3.8) is 0 Å². The lowest BCUT2D eigenvalue weighted by Crippen LogP contribution is -2.34. The molecule has 0 aromatic heterocycles. The lowest BCUT2D eigenvalue weighted by molar-refractivity contribution is -0.151. The van der Waals surface area contributed by atoms with Crippen LogP contribution in [0.2, 0.25) is 0 Å². The van der Waals surface area contributed by atoms with Crippen molar-refractivity contribution >= 4 is 23.5 Å². The van der Waals surface area contributed by atoms with E-state index in [1.54, 1.807) is 9.80 Å². The van der Waals surface area contributed by atoms with Crippen LogP contribution in [0.5, 0.6) is 0 Å². The fourth-order valence-electron chi connectivity index (χ4n) is 4.10. The van der Waals surface area contributed by atoms with E-state index in [0.29, 0.717) is 13.1 Å². The summed E-state index contributed by atoms with van der Waals surface area (Å²) in [4.78, 5) is 40.8. The molecule has 0 aliphatic carbocycles. The lowest BCUT2D eigenvalue weighted by atomic mass is 10.1. The van der Waals surface area contributed by atoms with E-state index < -0.39 is 11.9 Å².